The van der Waals surface area contributed by atoms with Gasteiger partial charge in [0.25, 0.3) is 0 Å². The lowest BCUT2D eigenvalue weighted by Gasteiger charge is -2.16. The highest BCUT2D eigenvalue weighted by Gasteiger charge is 2.22. The predicted octanol–water partition coefficient (Wildman–Crippen LogP) is 1.87. The van der Waals surface area contributed by atoms with Gasteiger partial charge in [-0.15, -0.1) is 0 Å². The smallest absolute Gasteiger partial charge is 0.104 e. The Labute approximate surface area is 103 Å². The van der Waals surface area contributed by atoms with Gasteiger partial charge in [0.2, 0.25) is 0 Å². The molecule has 0 aliphatic heterocycles. The van der Waals surface area contributed by atoms with Crippen LogP contribution in [0.3, 0.4) is 0 Å². The number of hydrogen-bond acceptors (Lipinski definition) is 2. The molecule has 1 saturated carbocycles. The Morgan fingerprint density at radius 2 is 2.00 bits per heavy atom. The van der Waals surface area contributed by atoms with E-state index >= 15 is 0 Å². The second-order valence-corrected chi connectivity index (χ2v) is 4.80. The van der Waals surface area contributed by atoms with E-state index in [4.69, 9.17) is 5.11 Å². The molecule has 0 atom stereocenters. The van der Waals surface area contributed by atoms with Crippen molar-refractivity contribution in [2.75, 3.05) is 20.2 Å². The van der Waals surface area contributed by atoms with Crippen LogP contribution >= 0.6 is 0 Å². The molecule has 1 N–H and O–H groups in total. The molecule has 2 rings (SSSR count). The van der Waals surface area contributed by atoms with Gasteiger partial charge in [-0.25, -0.2) is 0 Å². The van der Waals surface area contributed by atoms with Crippen molar-refractivity contribution in [2.45, 2.75) is 19.4 Å². The van der Waals surface area contributed by atoms with Gasteiger partial charge in [-0.3, -0.25) is 0 Å². The summed E-state index contributed by atoms with van der Waals surface area (Å²) in [6, 6.07) is 8.27. The van der Waals surface area contributed by atoms with Gasteiger partial charge in [0.1, 0.15) is 6.61 Å². The number of aliphatic hydroxyl groups is 1. The second-order valence-electron chi connectivity index (χ2n) is 4.80. The molecule has 2 nitrogen and oxygen atoms in total. The molecule has 0 unspecified atom stereocenters. The van der Waals surface area contributed by atoms with Gasteiger partial charge < -0.3 is 10.0 Å². The van der Waals surface area contributed by atoms with E-state index in [0.717, 1.165) is 18.0 Å². The van der Waals surface area contributed by atoms with Crippen LogP contribution in [-0.4, -0.2) is 30.2 Å². The van der Waals surface area contributed by atoms with E-state index in [-0.39, 0.29) is 6.61 Å². The van der Waals surface area contributed by atoms with Crippen LogP contribution in [0.2, 0.25) is 0 Å². The van der Waals surface area contributed by atoms with Gasteiger partial charge in [0, 0.05) is 18.7 Å². The molecule has 0 amide bonds. The third-order valence-corrected chi connectivity index (χ3v) is 2.99. The van der Waals surface area contributed by atoms with Crippen molar-refractivity contribution < 1.29 is 5.11 Å². The molecule has 17 heavy (non-hydrogen) atoms. The summed E-state index contributed by atoms with van der Waals surface area (Å²) in [5, 5.41) is 8.61. The first-order chi connectivity index (χ1) is 8.28. The standard InChI is InChI=1S/C15H19NO/c1-16(12-15-8-9-15)11-14-6-4-13(5-7-14)3-2-10-17/h4-7,15,17H,8-12H2,1H3. The predicted molar refractivity (Wildman–Crippen MR) is 69.5 cm³/mol. The number of hydrogen-bond donors (Lipinski definition) is 1. The zero-order valence-corrected chi connectivity index (χ0v) is 10.3. The van der Waals surface area contributed by atoms with Crippen LogP contribution in [0.4, 0.5) is 0 Å². The van der Waals surface area contributed by atoms with Gasteiger partial charge in [-0.1, -0.05) is 24.0 Å². The third-order valence-electron chi connectivity index (χ3n) is 2.99. The topological polar surface area (TPSA) is 23.5 Å². The fourth-order valence-corrected chi connectivity index (χ4v) is 1.95. The van der Waals surface area contributed by atoms with E-state index in [1.54, 1.807) is 0 Å². The summed E-state index contributed by atoms with van der Waals surface area (Å²) in [6.07, 6.45) is 2.81. The van der Waals surface area contributed by atoms with Crippen molar-refractivity contribution in [1.29, 1.82) is 0 Å². The molecule has 1 fully saturated rings. The van der Waals surface area contributed by atoms with Crippen molar-refractivity contribution in [2.24, 2.45) is 5.92 Å². The van der Waals surface area contributed by atoms with Gasteiger partial charge in [0.15, 0.2) is 0 Å². The molecule has 0 spiro atoms. The zero-order valence-electron chi connectivity index (χ0n) is 10.3. The highest BCUT2D eigenvalue weighted by Crippen LogP contribution is 2.29. The molecule has 1 aliphatic carbocycles. The van der Waals surface area contributed by atoms with Crippen LogP contribution in [0.25, 0.3) is 0 Å². The van der Waals surface area contributed by atoms with E-state index < -0.39 is 0 Å². The van der Waals surface area contributed by atoms with Crippen molar-refractivity contribution >= 4 is 0 Å². The Hall–Kier alpha value is -1.30. The molecular weight excluding hydrogens is 210 g/mol. The van der Waals surface area contributed by atoms with Crippen molar-refractivity contribution in [3.63, 3.8) is 0 Å². The monoisotopic (exact) mass is 229 g/mol. The zero-order chi connectivity index (χ0) is 12.1. The average Bonchev–Trinajstić information content (AvgIpc) is 3.12. The van der Waals surface area contributed by atoms with Crippen molar-refractivity contribution in [1.82, 2.24) is 4.90 Å². The molecular formula is C15H19NO. The van der Waals surface area contributed by atoms with E-state index in [1.165, 1.54) is 24.9 Å². The summed E-state index contributed by atoms with van der Waals surface area (Å²) in [7, 11) is 2.18. The van der Waals surface area contributed by atoms with Crippen molar-refractivity contribution in [3.8, 4) is 11.8 Å². The first kappa shape index (κ1) is 12.2. The minimum absolute atomic E-state index is 0.0775. The van der Waals surface area contributed by atoms with Crippen molar-refractivity contribution in [3.05, 3.63) is 35.4 Å². The Morgan fingerprint density at radius 3 is 2.59 bits per heavy atom. The molecule has 0 heterocycles. The van der Waals surface area contributed by atoms with E-state index in [0.29, 0.717) is 0 Å². The molecule has 0 bridgehead atoms. The first-order valence-corrected chi connectivity index (χ1v) is 6.15. The lowest BCUT2D eigenvalue weighted by molar-refractivity contribution is 0.313. The number of nitrogens with zero attached hydrogens (tertiary/aromatic N) is 1. The summed E-state index contributed by atoms with van der Waals surface area (Å²) in [6.45, 7) is 2.14. The molecule has 0 radical (unpaired) electrons. The summed E-state index contributed by atoms with van der Waals surface area (Å²) in [4.78, 5) is 2.38. The Balaban J connectivity index is 1.88. The maximum Gasteiger partial charge on any atom is 0.104 e. The number of benzene rings is 1. The molecule has 2 heteroatoms. The van der Waals surface area contributed by atoms with Crippen LogP contribution < -0.4 is 0 Å². The van der Waals surface area contributed by atoms with Gasteiger partial charge >= 0.3 is 0 Å². The Morgan fingerprint density at radius 1 is 1.29 bits per heavy atom. The minimum atomic E-state index is -0.0775. The van der Waals surface area contributed by atoms with Crippen LogP contribution in [0.15, 0.2) is 24.3 Å². The van der Waals surface area contributed by atoms with Crippen LogP contribution in [0, 0.1) is 17.8 Å². The van der Waals surface area contributed by atoms with Crippen LogP contribution in [-0.2, 0) is 6.54 Å². The van der Waals surface area contributed by atoms with Crippen LogP contribution in [0.1, 0.15) is 24.0 Å². The first-order valence-electron chi connectivity index (χ1n) is 6.15. The van der Waals surface area contributed by atoms with E-state index in [9.17, 15) is 0 Å². The summed E-state index contributed by atoms with van der Waals surface area (Å²) >= 11 is 0. The number of aliphatic hydroxyl groups excluding tert-OH is 1. The normalized spacial score (nSPS) is 14.5. The van der Waals surface area contributed by atoms with Gasteiger partial charge in [-0.05, 0) is 43.5 Å². The highest BCUT2D eigenvalue weighted by atomic mass is 16.2. The molecule has 90 valence electrons. The summed E-state index contributed by atoms with van der Waals surface area (Å²) in [5.74, 6) is 6.50. The molecule has 0 aromatic heterocycles. The van der Waals surface area contributed by atoms with Gasteiger partial charge in [-0.2, -0.15) is 0 Å². The van der Waals surface area contributed by atoms with Crippen LogP contribution in [0.5, 0.6) is 0 Å². The minimum Gasteiger partial charge on any atom is -0.384 e. The maximum atomic E-state index is 8.61. The Kier molecular flexibility index (Phi) is 4.19. The summed E-state index contributed by atoms with van der Waals surface area (Å²) in [5.41, 5.74) is 2.29. The molecule has 1 aliphatic rings. The lowest BCUT2D eigenvalue weighted by atomic mass is 10.1. The second kappa shape index (κ2) is 5.86. The average molecular weight is 229 g/mol. The van der Waals surface area contributed by atoms with Gasteiger partial charge in [0.05, 0.1) is 0 Å². The fraction of sp³-hybridized carbons (Fsp3) is 0.467. The Bertz CT molecular complexity index is 409. The largest absolute Gasteiger partial charge is 0.384 e. The third kappa shape index (κ3) is 4.22. The van der Waals surface area contributed by atoms with E-state index in [2.05, 4.69) is 35.9 Å². The SMILES string of the molecule is CN(Cc1ccc(C#CCO)cc1)CC1CC1. The molecule has 0 saturated heterocycles. The molecule has 1 aromatic carbocycles. The fourth-order valence-electron chi connectivity index (χ4n) is 1.95. The van der Waals surface area contributed by atoms with E-state index in [1.807, 2.05) is 12.1 Å². The summed E-state index contributed by atoms with van der Waals surface area (Å²) < 4.78 is 0. The molecule has 1 aromatic rings. The quantitative estimate of drug-likeness (QED) is 0.797. The highest BCUT2D eigenvalue weighted by molar-refractivity contribution is 5.36. The maximum absolute atomic E-state index is 8.61. The number of rotatable bonds is 4. The lowest BCUT2D eigenvalue weighted by Crippen LogP contribution is -2.20.